The number of carbonyl (C=O) groups is 2. The largest absolute Gasteiger partial charge is 0.496 e. The van der Waals surface area contributed by atoms with Crippen molar-refractivity contribution >= 4 is 11.8 Å². The third-order valence-corrected chi connectivity index (χ3v) is 5.30. The first-order valence-electron chi connectivity index (χ1n) is 9.17. The predicted octanol–water partition coefficient (Wildman–Crippen LogP) is 2.61. The Hall–Kier alpha value is -2.04. The Morgan fingerprint density at radius 2 is 1.84 bits per heavy atom. The van der Waals surface area contributed by atoms with Crippen LogP contribution in [0, 0.1) is 18.8 Å². The third-order valence-electron chi connectivity index (χ3n) is 5.30. The highest BCUT2D eigenvalue weighted by atomic mass is 16.5. The van der Waals surface area contributed by atoms with Crippen LogP contribution >= 0.6 is 0 Å². The summed E-state index contributed by atoms with van der Waals surface area (Å²) >= 11 is 0. The number of piperidine rings is 1. The molecule has 1 aromatic carbocycles. The molecule has 2 aliphatic rings. The van der Waals surface area contributed by atoms with Crippen LogP contribution < -0.4 is 4.74 Å². The number of methoxy groups -OCH3 is 1. The summed E-state index contributed by atoms with van der Waals surface area (Å²) in [6.45, 7) is 4.02. The molecule has 1 aromatic rings. The lowest BCUT2D eigenvalue weighted by Crippen LogP contribution is -2.43. The molecule has 0 N–H and O–H groups in total. The van der Waals surface area contributed by atoms with Gasteiger partial charge in [0.1, 0.15) is 5.75 Å². The van der Waals surface area contributed by atoms with Gasteiger partial charge in [0.05, 0.1) is 7.11 Å². The van der Waals surface area contributed by atoms with Crippen LogP contribution in [-0.4, -0.2) is 48.9 Å². The Bertz CT molecular complexity index is 646. The van der Waals surface area contributed by atoms with Gasteiger partial charge in [0, 0.05) is 44.1 Å². The van der Waals surface area contributed by atoms with Gasteiger partial charge in [-0.15, -0.1) is 0 Å². The fourth-order valence-electron chi connectivity index (χ4n) is 3.61. The summed E-state index contributed by atoms with van der Waals surface area (Å²) in [7, 11) is 3.51. The number of aryl methyl sites for hydroxylation is 1. The molecule has 25 heavy (non-hydrogen) atoms. The van der Waals surface area contributed by atoms with Crippen molar-refractivity contribution in [3.8, 4) is 5.75 Å². The molecule has 0 bridgehead atoms. The number of rotatable bonds is 5. The molecule has 5 heteroatoms. The van der Waals surface area contributed by atoms with Crippen molar-refractivity contribution in [2.24, 2.45) is 11.8 Å². The molecule has 0 atom stereocenters. The van der Waals surface area contributed by atoms with Crippen LogP contribution in [0.3, 0.4) is 0 Å². The quantitative estimate of drug-likeness (QED) is 0.825. The monoisotopic (exact) mass is 344 g/mol. The van der Waals surface area contributed by atoms with Crippen LogP contribution in [-0.2, 0) is 16.1 Å². The number of amides is 2. The lowest BCUT2D eigenvalue weighted by Gasteiger charge is -2.33. The van der Waals surface area contributed by atoms with E-state index in [1.807, 2.05) is 31.0 Å². The van der Waals surface area contributed by atoms with E-state index in [1.165, 1.54) is 0 Å². The Balaban J connectivity index is 1.56. The molecule has 1 saturated carbocycles. The van der Waals surface area contributed by atoms with Crippen LogP contribution in [0.2, 0.25) is 0 Å². The Kier molecular flexibility index (Phi) is 5.30. The average Bonchev–Trinajstić information content (AvgIpc) is 3.46. The molecule has 0 spiro atoms. The van der Waals surface area contributed by atoms with Crippen molar-refractivity contribution in [1.82, 2.24) is 9.80 Å². The van der Waals surface area contributed by atoms with Crippen molar-refractivity contribution in [2.45, 2.75) is 39.2 Å². The molecule has 2 fully saturated rings. The topological polar surface area (TPSA) is 49.9 Å². The van der Waals surface area contributed by atoms with Crippen molar-refractivity contribution in [1.29, 1.82) is 0 Å². The van der Waals surface area contributed by atoms with E-state index in [4.69, 9.17) is 4.74 Å². The minimum atomic E-state index is 0.0176. The number of hydrogen-bond acceptors (Lipinski definition) is 3. The van der Waals surface area contributed by atoms with Gasteiger partial charge in [-0.3, -0.25) is 9.59 Å². The van der Waals surface area contributed by atoms with E-state index in [2.05, 4.69) is 6.07 Å². The van der Waals surface area contributed by atoms with Crippen molar-refractivity contribution in [3.63, 3.8) is 0 Å². The average molecular weight is 344 g/mol. The van der Waals surface area contributed by atoms with E-state index in [0.29, 0.717) is 25.5 Å². The van der Waals surface area contributed by atoms with Crippen LogP contribution in [0.5, 0.6) is 5.75 Å². The van der Waals surface area contributed by atoms with Crippen LogP contribution in [0.15, 0.2) is 18.2 Å². The molecule has 5 nitrogen and oxygen atoms in total. The third kappa shape index (κ3) is 4.14. The molecule has 1 saturated heterocycles. The van der Waals surface area contributed by atoms with Gasteiger partial charge >= 0.3 is 0 Å². The standard InChI is InChI=1S/C20H28N2O3/c1-14-4-7-18(25-3)17(12-14)13-21(2)19(23)16-8-10-22(11-9-16)20(24)15-5-6-15/h4,7,12,15-16H,5-6,8-11,13H2,1-3H3. The Labute approximate surface area is 149 Å². The number of likely N-dealkylation sites (tertiary alicyclic amines) is 1. The molecule has 1 aliphatic carbocycles. The number of carbonyl (C=O) groups excluding carboxylic acids is 2. The molecule has 0 aromatic heterocycles. The molecule has 136 valence electrons. The van der Waals surface area contributed by atoms with E-state index >= 15 is 0 Å². The summed E-state index contributed by atoms with van der Waals surface area (Å²) in [5.41, 5.74) is 2.18. The fraction of sp³-hybridized carbons (Fsp3) is 0.600. The van der Waals surface area contributed by atoms with E-state index < -0.39 is 0 Å². The van der Waals surface area contributed by atoms with Crippen LogP contribution in [0.4, 0.5) is 0 Å². The highest BCUT2D eigenvalue weighted by Gasteiger charge is 2.36. The molecular formula is C20H28N2O3. The summed E-state index contributed by atoms with van der Waals surface area (Å²) in [6.07, 6.45) is 3.62. The van der Waals surface area contributed by atoms with Crippen molar-refractivity contribution < 1.29 is 14.3 Å². The maximum Gasteiger partial charge on any atom is 0.225 e. The summed E-state index contributed by atoms with van der Waals surface area (Å²) in [4.78, 5) is 28.7. The maximum absolute atomic E-state index is 12.8. The number of hydrogen-bond donors (Lipinski definition) is 0. The number of ether oxygens (including phenoxy) is 1. The van der Waals surface area contributed by atoms with Gasteiger partial charge in [0.25, 0.3) is 0 Å². The van der Waals surface area contributed by atoms with Crippen LogP contribution in [0.25, 0.3) is 0 Å². The van der Waals surface area contributed by atoms with Crippen molar-refractivity contribution in [2.75, 3.05) is 27.2 Å². The van der Waals surface area contributed by atoms with Crippen molar-refractivity contribution in [3.05, 3.63) is 29.3 Å². The first kappa shape index (κ1) is 17.8. The molecular weight excluding hydrogens is 316 g/mol. The molecule has 0 unspecified atom stereocenters. The summed E-state index contributed by atoms with van der Waals surface area (Å²) in [5.74, 6) is 1.56. The molecule has 1 aliphatic heterocycles. The molecule has 3 rings (SSSR count). The second-order valence-electron chi connectivity index (χ2n) is 7.38. The highest BCUT2D eigenvalue weighted by molar-refractivity contribution is 5.82. The first-order chi connectivity index (χ1) is 12.0. The zero-order valence-corrected chi connectivity index (χ0v) is 15.5. The lowest BCUT2D eigenvalue weighted by atomic mass is 9.95. The van der Waals surface area contributed by atoms with E-state index in [9.17, 15) is 9.59 Å². The predicted molar refractivity (Wildman–Crippen MR) is 96.2 cm³/mol. The lowest BCUT2D eigenvalue weighted by molar-refractivity contribution is -0.140. The van der Waals surface area contributed by atoms with Gasteiger partial charge in [-0.05, 0) is 38.7 Å². The van der Waals surface area contributed by atoms with Gasteiger partial charge in [-0.1, -0.05) is 17.7 Å². The Morgan fingerprint density at radius 3 is 2.44 bits per heavy atom. The maximum atomic E-state index is 12.8. The zero-order valence-electron chi connectivity index (χ0n) is 15.5. The zero-order chi connectivity index (χ0) is 18.0. The second kappa shape index (κ2) is 7.46. The van der Waals surface area contributed by atoms with Crippen LogP contribution in [0.1, 0.15) is 36.8 Å². The van der Waals surface area contributed by atoms with Gasteiger partial charge in [-0.25, -0.2) is 0 Å². The molecule has 0 radical (unpaired) electrons. The van der Waals surface area contributed by atoms with E-state index in [1.54, 1.807) is 12.0 Å². The summed E-state index contributed by atoms with van der Waals surface area (Å²) in [5, 5.41) is 0. The Morgan fingerprint density at radius 1 is 1.16 bits per heavy atom. The summed E-state index contributed by atoms with van der Waals surface area (Å²) in [6, 6.07) is 6.03. The molecule has 2 amide bonds. The smallest absolute Gasteiger partial charge is 0.225 e. The second-order valence-corrected chi connectivity index (χ2v) is 7.38. The highest BCUT2D eigenvalue weighted by Crippen LogP contribution is 2.32. The van der Waals surface area contributed by atoms with Gasteiger partial charge in [-0.2, -0.15) is 0 Å². The van der Waals surface area contributed by atoms with Gasteiger partial charge in [0.2, 0.25) is 11.8 Å². The first-order valence-corrected chi connectivity index (χ1v) is 9.17. The minimum absolute atomic E-state index is 0.0176. The van der Waals surface area contributed by atoms with Gasteiger partial charge < -0.3 is 14.5 Å². The minimum Gasteiger partial charge on any atom is -0.496 e. The summed E-state index contributed by atoms with van der Waals surface area (Å²) < 4.78 is 5.41. The van der Waals surface area contributed by atoms with Gasteiger partial charge in [0.15, 0.2) is 0 Å². The van der Waals surface area contributed by atoms with E-state index in [0.717, 1.165) is 42.6 Å². The number of benzene rings is 1. The normalized spacial score (nSPS) is 18.1. The number of nitrogens with zero attached hydrogens (tertiary/aromatic N) is 2. The molecule has 1 heterocycles. The SMILES string of the molecule is COc1ccc(C)cc1CN(C)C(=O)C1CCN(C(=O)C2CC2)CC1. The fourth-order valence-corrected chi connectivity index (χ4v) is 3.61. The van der Waals surface area contributed by atoms with E-state index in [-0.39, 0.29) is 17.7 Å².